The lowest BCUT2D eigenvalue weighted by atomic mass is 10.1. The highest BCUT2D eigenvalue weighted by atomic mass is 32.2. The molecule has 1 atom stereocenters. The first-order valence-corrected chi connectivity index (χ1v) is 8.03. The molecule has 1 saturated heterocycles. The van der Waals surface area contributed by atoms with Crippen molar-refractivity contribution >= 4 is 9.84 Å². The minimum absolute atomic E-state index is 0.343. The van der Waals surface area contributed by atoms with Crippen LogP contribution in [0.5, 0.6) is 0 Å². The van der Waals surface area contributed by atoms with Crippen LogP contribution >= 0.6 is 0 Å². The summed E-state index contributed by atoms with van der Waals surface area (Å²) < 4.78 is 22.5. The second-order valence-electron chi connectivity index (χ2n) is 5.24. The second-order valence-corrected chi connectivity index (χ2v) is 7.54. The van der Waals surface area contributed by atoms with Crippen LogP contribution < -0.4 is 5.32 Å². The van der Waals surface area contributed by atoms with E-state index in [4.69, 9.17) is 0 Å². The van der Waals surface area contributed by atoms with E-state index in [1.54, 1.807) is 0 Å². The Hall–Kier alpha value is -0.130. The highest BCUT2D eigenvalue weighted by molar-refractivity contribution is 7.91. The van der Waals surface area contributed by atoms with Gasteiger partial charge < -0.3 is 10.2 Å². The Morgan fingerprint density at radius 3 is 2.50 bits per heavy atom. The van der Waals surface area contributed by atoms with Crippen molar-refractivity contribution < 1.29 is 8.42 Å². The molecule has 1 N–H and O–H groups in total. The van der Waals surface area contributed by atoms with Gasteiger partial charge in [-0.15, -0.1) is 0 Å². The van der Waals surface area contributed by atoms with Gasteiger partial charge in [-0.2, -0.15) is 0 Å². The lowest BCUT2D eigenvalue weighted by molar-refractivity contribution is 0.251. The molecule has 5 heteroatoms. The zero-order valence-corrected chi connectivity index (χ0v) is 10.8. The molecule has 16 heavy (non-hydrogen) atoms. The van der Waals surface area contributed by atoms with Crippen molar-refractivity contribution in [2.45, 2.75) is 25.8 Å². The molecular formula is C11H22N2O2S. The van der Waals surface area contributed by atoms with Gasteiger partial charge in [0.2, 0.25) is 0 Å². The summed E-state index contributed by atoms with van der Waals surface area (Å²) in [5, 5.41) is 3.52. The molecule has 1 heterocycles. The quantitative estimate of drug-likeness (QED) is 0.748. The van der Waals surface area contributed by atoms with E-state index in [1.165, 1.54) is 12.8 Å². The molecule has 2 rings (SSSR count). The van der Waals surface area contributed by atoms with Crippen molar-refractivity contribution in [1.82, 2.24) is 10.2 Å². The van der Waals surface area contributed by atoms with Gasteiger partial charge in [0, 0.05) is 25.7 Å². The van der Waals surface area contributed by atoms with Gasteiger partial charge in [0.25, 0.3) is 0 Å². The van der Waals surface area contributed by atoms with Crippen molar-refractivity contribution in [3.05, 3.63) is 0 Å². The van der Waals surface area contributed by atoms with E-state index in [0.717, 1.165) is 32.2 Å². The zero-order chi connectivity index (χ0) is 11.6. The Morgan fingerprint density at radius 2 is 1.94 bits per heavy atom. The Balaban J connectivity index is 1.65. The third-order valence-electron chi connectivity index (χ3n) is 3.34. The average Bonchev–Trinajstić information content (AvgIpc) is 3.02. The molecule has 2 fully saturated rings. The highest BCUT2D eigenvalue weighted by Gasteiger charge is 2.24. The van der Waals surface area contributed by atoms with E-state index in [9.17, 15) is 8.42 Å². The lowest BCUT2D eigenvalue weighted by Gasteiger charge is -2.29. The van der Waals surface area contributed by atoms with Crippen LogP contribution in [0.2, 0.25) is 0 Å². The summed E-state index contributed by atoms with van der Waals surface area (Å²) >= 11 is 0. The molecule has 0 spiro atoms. The molecule has 94 valence electrons. The summed E-state index contributed by atoms with van der Waals surface area (Å²) in [6.45, 7) is 5.76. The molecule has 2 aliphatic rings. The molecule has 1 aliphatic carbocycles. The maximum absolute atomic E-state index is 11.3. The van der Waals surface area contributed by atoms with Crippen molar-refractivity contribution in [3.8, 4) is 0 Å². The SMILES string of the molecule is CC(CNC1CC1)CN1CCS(=O)(=O)CC1. The van der Waals surface area contributed by atoms with Crippen LogP contribution in [0, 0.1) is 5.92 Å². The van der Waals surface area contributed by atoms with Crippen LogP contribution in [0.1, 0.15) is 19.8 Å². The molecule has 1 aliphatic heterocycles. The molecule has 0 aromatic rings. The fourth-order valence-electron chi connectivity index (χ4n) is 2.09. The van der Waals surface area contributed by atoms with Crippen LogP contribution in [-0.4, -0.2) is 57.0 Å². The van der Waals surface area contributed by atoms with Crippen LogP contribution in [-0.2, 0) is 9.84 Å². The first kappa shape index (κ1) is 12.3. The predicted octanol–water partition coefficient (Wildman–Crippen LogP) is 0.105. The fraction of sp³-hybridized carbons (Fsp3) is 1.00. The molecule has 0 bridgehead atoms. The highest BCUT2D eigenvalue weighted by Crippen LogP contribution is 2.18. The zero-order valence-electron chi connectivity index (χ0n) is 9.98. The number of hydrogen-bond donors (Lipinski definition) is 1. The number of sulfone groups is 1. The summed E-state index contributed by atoms with van der Waals surface area (Å²) in [5.74, 6) is 1.30. The van der Waals surface area contributed by atoms with Gasteiger partial charge in [-0.05, 0) is 25.3 Å². The summed E-state index contributed by atoms with van der Waals surface area (Å²) in [6.07, 6.45) is 2.66. The molecule has 0 amide bonds. The monoisotopic (exact) mass is 246 g/mol. The third-order valence-corrected chi connectivity index (χ3v) is 4.95. The number of nitrogens with zero attached hydrogens (tertiary/aromatic N) is 1. The molecule has 0 aromatic carbocycles. The van der Waals surface area contributed by atoms with Gasteiger partial charge in [-0.3, -0.25) is 0 Å². The summed E-state index contributed by atoms with van der Waals surface area (Å²) in [6, 6.07) is 0.768. The Kier molecular flexibility index (Phi) is 3.87. The van der Waals surface area contributed by atoms with Gasteiger partial charge in [0.05, 0.1) is 11.5 Å². The van der Waals surface area contributed by atoms with E-state index in [0.29, 0.717) is 17.4 Å². The normalized spacial score (nSPS) is 27.8. The molecule has 1 saturated carbocycles. The lowest BCUT2D eigenvalue weighted by Crippen LogP contribution is -2.43. The van der Waals surface area contributed by atoms with E-state index in [1.807, 2.05) is 0 Å². The standard InChI is InChI=1S/C11H22N2O2S/c1-10(8-12-11-2-3-11)9-13-4-6-16(14,15)7-5-13/h10-12H,2-9H2,1H3. The van der Waals surface area contributed by atoms with Gasteiger partial charge in [-0.25, -0.2) is 8.42 Å². The van der Waals surface area contributed by atoms with Gasteiger partial charge in [-0.1, -0.05) is 6.92 Å². The molecular weight excluding hydrogens is 224 g/mol. The summed E-state index contributed by atoms with van der Waals surface area (Å²) in [5.41, 5.74) is 0. The van der Waals surface area contributed by atoms with Crippen molar-refractivity contribution in [3.63, 3.8) is 0 Å². The number of hydrogen-bond acceptors (Lipinski definition) is 4. The Bertz CT molecular complexity index is 311. The topological polar surface area (TPSA) is 49.4 Å². The second kappa shape index (κ2) is 5.02. The smallest absolute Gasteiger partial charge is 0.152 e. The van der Waals surface area contributed by atoms with Gasteiger partial charge >= 0.3 is 0 Å². The Labute approximate surface area is 98.3 Å². The Morgan fingerprint density at radius 1 is 1.31 bits per heavy atom. The van der Waals surface area contributed by atoms with Crippen molar-refractivity contribution in [2.24, 2.45) is 5.92 Å². The average molecular weight is 246 g/mol. The molecule has 4 nitrogen and oxygen atoms in total. The minimum Gasteiger partial charge on any atom is -0.314 e. The van der Waals surface area contributed by atoms with Crippen molar-refractivity contribution in [2.75, 3.05) is 37.7 Å². The van der Waals surface area contributed by atoms with E-state index < -0.39 is 9.84 Å². The van der Waals surface area contributed by atoms with Crippen LogP contribution in [0.15, 0.2) is 0 Å². The predicted molar refractivity (Wildman–Crippen MR) is 65.3 cm³/mol. The molecule has 0 radical (unpaired) electrons. The van der Waals surface area contributed by atoms with Crippen LogP contribution in [0.25, 0.3) is 0 Å². The first-order valence-electron chi connectivity index (χ1n) is 6.21. The van der Waals surface area contributed by atoms with Crippen molar-refractivity contribution in [1.29, 1.82) is 0 Å². The van der Waals surface area contributed by atoms with E-state index in [-0.39, 0.29) is 0 Å². The number of nitrogens with one attached hydrogen (secondary N) is 1. The molecule has 0 aromatic heterocycles. The van der Waals surface area contributed by atoms with Gasteiger partial charge in [0.1, 0.15) is 0 Å². The number of rotatable bonds is 5. The molecule has 1 unspecified atom stereocenters. The van der Waals surface area contributed by atoms with Crippen LogP contribution in [0.3, 0.4) is 0 Å². The first-order chi connectivity index (χ1) is 7.55. The van der Waals surface area contributed by atoms with E-state index in [2.05, 4.69) is 17.1 Å². The maximum Gasteiger partial charge on any atom is 0.152 e. The van der Waals surface area contributed by atoms with Gasteiger partial charge in [0.15, 0.2) is 9.84 Å². The summed E-state index contributed by atoms with van der Waals surface area (Å²) in [7, 11) is -2.72. The van der Waals surface area contributed by atoms with E-state index >= 15 is 0 Å². The van der Waals surface area contributed by atoms with Crippen LogP contribution in [0.4, 0.5) is 0 Å². The third kappa shape index (κ3) is 4.03. The summed E-state index contributed by atoms with van der Waals surface area (Å²) in [4.78, 5) is 2.28. The maximum atomic E-state index is 11.3. The largest absolute Gasteiger partial charge is 0.314 e. The fourth-order valence-corrected chi connectivity index (χ4v) is 3.37. The minimum atomic E-state index is -2.72.